The van der Waals surface area contributed by atoms with Gasteiger partial charge in [0.2, 0.25) is 11.2 Å². The van der Waals surface area contributed by atoms with Crippen molar-refractivity contribution >= 4 is 17.5 Å². The zero-order valence-corrected chi connectivity index (χ0v) is 10.4. The molecular weight excluding hydrogens is 228 g/mol. The molecule has 0 spiro atoms. The fraction of sp³-hybridized carbons (Fsp3) is 0.700. The highest BCUT2D eigenvalue weighted by atomic mass is 35.5. The largest absolute Gasteiger partial charge is 0.467 e. The van der Waals surface area contributed by atoms with Crippen molar-refractivity contribution in [1.82, 2.24) is 15.0 Å². The number of anilines is 1. The van der Waals surface area contributed by atoms with Crippen LogP contribution >= 0.6 is 11.6 Å². The SMILES string of the molecule is COc1nc(Cl)nc(N(C)C(C)C2CC2)n1. The van der Waals surface area contributed by atoms with Gasteiger partial charge in [-0.3, -0.25) is 0 Å². The summed E-state index contributed by atoms with van der Waals surface area (Å²) in [5.74, 6) is 1.31. The molecule has 6 heteroatoms. The van der Waals surface area contributed by atoms with Gasteiger partial charge in [0, 0.05) is 13.1 Å². The Morgan fingerprint density at radius 2 is 2.06 bits per heavy atom. The van der Waals surface area contributed by atoms with Crippen LogP contribution in [0.4, 0.5) is 5.95 Å². The summed E-state index contributed by atoms with van der Waals surface area (Å²) in [6.45, 7) is 2.17. The Labute approximate surface area is 99.8 Å². The van der Waals surface area contributed by atoms with Gasteiger partial charge in [-0.05, 0) is 37.3 Å². The summed E-state index contributed by atoms with van der Waals surface area (Å²) in [6.07, 6.45) is 2.56. The maximum absolute atomic E-state index is 5.80. The molecule has 0 N–H and O–H groups in total. The molecule has 2 rings (SSSR count). The van der Waals surface area contributed by atoms with E-state index in [1.165, 1.54) is 20.0 Å². The Hall–Kier alpha value is -1.10. The van der Waals surface area contributed by atoms with Gasteiger partial charge in [-0.25, -0.2) is 0 Å². The molecule has 1 fully saturated rings. The molecule has 1 atom stereocenters. The van der Waals surface area contributed by atoms with E-state index in [2.05, 4.69) is 21.9 Å². The van der Waals surface area contributed by atoms with Crippen LogP contribution in [0, 0.1) is 5.92 Å². The number of hydrogen-bond donors (Lipinski definition) is 0. The maximum atomic E-state index is 5.80. The Morgan fingerprint density at radius 1 is 1.38 bits per heavy atom. The quantitative estimate of drug-likeness (QED) is 0.806. The zero-order chi connectivity index (χ0) is 11.7. The third-order valence-corrected chi connectivity index (χ3v) is 3.16. The van der Waals surface area contributed by atoms with Crippen molar-refractivity contribution < 1.29 is 4.74 Å². The predicted molar refractivity (Wildman–Crippen MR) is 62.0 cm³/mol. The van der Waals surface area contributed by atoms with E-state index in [9.17, 15) is 0 Å². The van der Waals surface area contributed by atoms with E-state index in [0.717, 1.165) is 5.92 Å². The molecule has 1 aliphatic carbocycles. The number of hydrogen-bond acceptors (Lipinski definition) is 5. The van der Waals surface area contributed by atoms with Crippen molar-refractivity contribution in [2.45, 2.75) is 25.8 Å². The molecular formula is C10H15ClN4O. The summed E-state index contributed by atoms with van der Waals surface area (Å²) in [6, 6.07) is 0.674. The molecule has 1 heterocycles. The van der Waals surface area contributed by atoms with Gasteiger partial charge in [-0.2, -0.15) is 15.0 Å². The number of halogens is 1. The first-order valence-electron chi connectivity index (χ1n) is 5.30. The van der Waals surface area contributed by atoms with Gasteiger partial charge in [0.05, 0.1) is 7.11 Å². The first-order valence-corrected chi connectivity index (χ1v) is 5.68. The van der Waals surface area contributed by atoms with E-state index in [0.29, 0.717) is 12.0 Å². The van der Waals surface area contributed by atoms with E-state index < -0.39 is 0 Å². The van der Waals surface area contributed by atoms with Crippen LogP contribution in [0.25, 0.3) is 0 Å². The van der Waals surface area contributed by atoms with Crippen LogP contribution in [0.2, 0.25) is 5.28 Å². The summed E-state index contributed by atoms with van der Waals surface area (Å²) in [7, 11) is 3.48. The lowest BCUT2D eigenvalue weighted by Gasteiger charge is -2.24. The molecule has 88 valence electrons. The monoisotopic (exact) mass is 242 g/mol. The van der Waals surface area contributed by atoms with Crippen LogP contribution in [0.15, 0.2) is 0 Å². The average Bonchev–Trinajstić information content (AvgIpc) is 3.10. The third-order valence-electron chi connectivity index (χ3n) is 2.99. The first kappa shape index (κ1) is 11.4. The van der Waals surface area contributed by atoms with Gasteiger partial charge in [-0.1, -0.05) is 0 Å². The van der Waals surface area contributed by atoms with Crippen molar-refractivity contribution in [3.05, 3.63) is 5.28 Å². The molecule has 0 bridgehead atoms. The van der Waals surface area contributed by atoms with Crippen LogP contribution < -0.4 is 9.64 Å². The topological polar surface area (TPSA) is 51.1 Å². The highest BCUT2D eigenvalue weighted by molar-refractivity contribution is 6.28. The number of ether oxygens (including phenoxy) is 1. The van der Waals surface area contributed by atoms with Gasteiger partial charge in [0.1, 0.15) is 0 Å². The highest BCUT2D eigenvalue weighted by Crippen LogP contribution is 2.35. The van der Waals surface area contributed by atoms with Crippen LogP contribution in [0.1, 0.15) is 19.8 Å². The van der Waals surface area contributed by atoms with Crippen molar-refractivity contribution in [1.29, 1.82) is 0 Å². The third kappa shape index (κ3) is 2.35. The number of rotatable bonds is 4. The molecule has 0 radical (unpaired) electrons. The standard InChI is InChI=1S/C10H15ClN4O/c1-6(7-4-5-7)15(2)9-12-8(11)13-10(14-9)16-3/h6-7H,4-5H2,1-3H3. The molecule has 1 aromatic rings. The second-order valence-electron chi connectivity index (χ2n) is 4.08. The summed E-state index contributed by atoms with van der Waals surface area (Å²) >= 11 is 5.80. The van der Waals surface area contributed by atoms with E-state index in [1.54, 1.807) is 0 Å². The Kier molecular flexibility index (Phi) is 3.14. The summed E-state index contributed by atoms with van der Waals surface area (Å²) in [5, 5.41) is 0.164. The van der Waals surface area contributed by atoms with E-state index in [4.69, 9.17) is 16.3 Å². The molecule has 1 aromatic heterocycles. The highest BCUT2D eigenvalue weighted by Gasteiger charge is 2.31. The zero-order valence-electron chi connectivity index (χ0n) is 9.64. The molecule has 0 aliphatic heterocycles. The van der Waals surface area contributed by atoms with Gasteiger partial charge in [0.25, 0.3) is 0 Å². The van der Waals surface area contributed by atoms with Crippen molar-refractivity contribution in [3.8, 4) is 6.01 Å². The fourth-order valence-corrected chi connectivity index (χ4v) is 1.80. The van der Waals surface area contributed by atoms with Gasteiger partial charge in [0.15, 0.2) is 0 Å². The van der Waals surface area contributed by atoms with Gasteiger partial charge in [-0.15, -0.1) is 0 Å². The summed E-state index contributed by atoms with van der Waals surface area (Å²) in [4.78, 5) is 14.2. The molecule has 0 amide bonds. The van der Waals surface area contributed by atoms with Crippen LogP contribution in [-0.4, -0.2) is 35.2 Å². The summed E-state index contributed by atoms with van der Waals surface area (Å²) in [5.41, 5.74) is 0. The molecule has 16 heavy (non-hydrogen) atoms. The Morgan fingerprint density at radius 3 is 2.62 bits per heavy atom. The Bertz CT molecular complexity index is 383. The molecule has 1 unspecified atom stereocenters. The first-order chi connectivity index (χ1) is 7.61. The van der Waals surface area contributed by atoms with Crippen molar-refractivity contribution in [2.75, 3.05) is 19.1 Å². The van der Waals surface area contributed by atoms with Crippen molar-refractivity contribution in [3.63, 3.8) is 0 Å². The van der Waals surface area contributed by atoms with Crippen LogP contribution in [-0.2, 0) is 0 Å². The van der Waals surface area contributed by atoms with Crippen molar-refractivity contribution in [2.24, 2.45) is 5.92 Å². The fourth-order valence-electron chi connectivity index (χ4n) is 1.65. The molecule has 5 nitrogen and oxygen atoms in total. The normalized spacial score (nSPS) is 17.0. The molecule has 1 aliphatic rings. The van der Waals surface area contributed by atoms with E-state index >= 15 is 0 Å². The summed E-state index contributed by atoms with van der Waals surface area (Å²) < 4.78 is 4.97. The average molecular weight is 243 g/mol. The number of nitrogens with zero attached hydrogens (tertiary/aromatic N) is 4. The van der Waals surface area contributed by atoms with Gasteiger partial charge >= 0.3 is 6.01 Å². The lowest BCUT2D eigenvalue weighted by Crippen LogP contribution is -2.32. The van der Waals surface area contributed by atoms with Crippen LogP contribution in [0.3, 0.4) is 0 Å². The maximum Gasteiger partial charge on any atom is 0.322 e. The second-order valence-corrected chi connectivity index (χ2v) is 4.42. The van der Waals surface area contributed by atoms with E-state index in [-0.39, 0.29) is 11.3 Å². The van der Waals surface area contributed by atoms with Crippen LogP contribution in [0.5, 0.6) is 6.01 Å². The minimum atomic E-state index is 0.164. The smallest absolute Gasteiger partial charge is 0.322 e. The van der Waals surface area contributed by atoms with Gasteiger partial charge < -0.3 is 9.64 Å². The molecule has 0 aromatic carbocycles. The lowest BCUT2D eigenvalue weighted by molar-refractivity contribution is 0.377. The molecule has 0 saturated heterocycles. The number of aromatic nitrogens is 3. The van der Waals surface area contributed by atoms with E-state index in [1.807, 2.05) is 11.9 Å². The molecule has 1 saturated carbocycles. The minimum absolute atomic E-state index is 0.164. The minimum Gasteiger partial charge on any atom is -0.467 e. The number of methoxy groups -OCH3 is 1. The second kappa shape index (κ2) is 4.41. The predicted octanol–water partition coefficient (Wildman–Crippen LogP) is 1.77. The lowest BCUT2D eigenvalue weighted by atomic mass is 10.2. The Balaban J connectivity index is 2.20.